The van der Waals surface area contributed by atoms with Crippen LogP contribution in [0.25, 0.3) is 10.8 Å². The van der Waals surface area contributed by atoms with Crippen molar-refractivity contribution in [3.8, 4) is 0 Å². The van der Waals surface area contributed by atoms with Crippen LogP contribution in [0, 0.1) is 5.92 Å². The Kier molecular flexibility index (Phi) is 5.57. The SMILES string of the molecule is CC(NC(=O)C(C)N1CCC(C(=O)O)CC1)c1cccc2ccccc12. The van der Waals surface area contributed by atoms with Crippen LogP contribution in [0.4, 0.5) is 0 Å². The number of carboxylic acid groups (broad SMARTS) is 1. The van der Waals surface area contributed by atoms with Crippen molar-refractivity contribution in [2.75, 3.05) is 13.1 Å². The topological polar surface area (TPSA) is 69.6 Å². The van der Waals surface area contributed by atoms with Crippen molar-refractivity contribution in [1.29, 1.82) is 0 Å². The van der Waals surface area contributed by atoms with Crippen LogP contribution in [-0.4, -0.2) is 41.0 Å². The number of nitrogens with zero attached hydrogens (tertiary/aromatic N) is 1. The molecule has 1 aliphatic rings. The number of amides is 1. The summed E-state index contributed by atoms with van der Waals surface area (Å²) in [6, 6.07) is 14.0. The van der Waals surface area contributed by atoms with Crippen LogP contribution in [0.15, 0.2) is 42.5 Å². The van der Waals surface area contributed by atoms with Crippen molar-refractivity contribution < 1.29 is 14.7 Å². The van der Waals surface area contributed by atoms with Crippen LogP contribution in [-0.2, 0) is 9.59 Å². The summed E-state index contributed by atoms with van der Waals surface area (Å²) >= 11 is 0. The molecule has 2 N–H and O–H groups in total. The van der Waals surface area contributed by atoms with Gasteiger partial charge in [-0.1, -0.05) is 42.5 Å². The van der Waals surface area contributed by atoms with Crippen molar-refractivity contribution in [1.82, 2.24) is 10.2 Å². The Labute approximate surface area is 154 Å². The van der Waals surface area contributed by atoms with Crippen molar-refractivity contribution in [2.24, 2.45) is 5.92 Å². The van der Waals surface area contributed by atoms with E-state index >= 15 is 0 Å². The molecule has 26 heavy (non-hydrogen) atoms. The molecule has 2 atom stereocenters. The predicted molar refractivity (Wildman–Crippen MR) is 102 cm³/mol. The average Bonchev–Trinajstić information content (AvgIpc) is 2.66. The first-order chi connectivity index (χ1) is 12.5. The van der Waals surface area contributed by atoms with Gasteiger partial charge in [0.15, 0.2) is 0 Å². The normalized spacial score (nSPS) is 18.4. The Bertz CT molecular complexity index is 791. The number of piperidine rings is 1. The van der Waals surface area contributed by atoms with Crippen LogP contribution >= 0.6 is 0 Å². The minimum Gasteiger partial charge on any atom is -0.481 e. The maximum atomic E-state index is 12.7. The summed E-state index contributed by atoms with van der Waals surface area (Å²) in [4.78, 5) is 25.9. The number of carbonyl (C=O) groups excluding carboxylic acids is 1. The lowest BCUT2D eigenvalue weighted by Gasteiger charge is -2.34. The molecule has 1 fully saturated rings. The maximum absolute atomic E-state index is 12.7. The van der Waals surface area contributed by atoms with E-state index in [4.69, 9.17) is 5.11 Å². The first-order valence-corrected chi connectivity index (χ1v) is 9.22. The monoisotopic (exact) mass is 354 g/mol. The summed E-state index contributed by atoms with van der Waals surface area (Å²) in [6.07, 6.45) is 1.21. The zero-order chi connectivity index (χ0) is 18.7. The molecule has 0 aliphatic carbocycles. The Balaban J connectivity index is 1.64. The summed E-state index contributed by atoms with van der Waals surface area (Å²) in [5.41, 5.74) is 1.10. The van der Waals surface area contributed by atoms with Gasteiger partial charge in [-0.25, -0.2) is 0 Å². The fourth-order valence-corrected chi connectivity index (χ4v) is 3.74. The number of hydrogen-bond donors (Lipinski definition) is 2. The highest BCUT2D eigenvalue weighted by molar-refractivity contribution is 5.87. The first-order valence-electron chi connectivity index (χ1n) is 9.22. The zero-order valence-electron chi connectivity index (χ0n) is 15.3. The minimum absolute atomic E-state index is 0.0146. The molecule has 5 heteroatoms. The van der Waals surface area contributed by atoms with E-state index in [0.29, 0.717) is 25.9 Å². The summed E-state index contributed by atoms with van der Waals surface area (Å²) in [7, 11) is 0. The first kappa shape index (κ1) is 18.4. The molecular weight excluding hydrogens is 328 g/mol. The highest BCUT2D eigenvalue weighted by Crippen LogP contribution is 2.25. The lowest BCUT2D eigenvalue weighted by molar-refractivity contribution is -0.143. The molecule has 1 aliphatic heterocycles. The molecule has 0 saturated carbocycles. The van der Waals surface area contributed by atoms with E-state index in [1.54, 1.807) is 0 Å². The molecule has 0 bridgehead atoms. The Morgan fingerprint density at radius 2 is 1.73 bits per heavy atom. The molecule has 5 nitrogen and oxygen atoms in total. The lowest BCUT2D eigenvalue weighted by Crippen LogP contribution is -2.49. The van der Waals surface area contributed by atoms with Gasteiger partial charge in [-0.15, -0.1) is 0 Å². The van der Waals surface area contributed by atoms with Gasteiger partial charge in [0.1, 0.15) is 0 Å². The fraction of sp³-hybridized carbons (Fsp3) is 0.429. The number of carbonyl (C=O) groups is 2. The second kappa shape index (κ2) is 7.87. The van der Waals surface area contributed by atoms with Crippen molar-refractivity contribution in [3.05, 3.63) is 48.0 Å². The van der Waals surface area contributed by atoms with Crippen LogP contribution in [0.2, 0.25) is 0 Å². The number of hydrogen-bond acceptors (Lipinski definition) is 3. The van der Waals surface area contributed by atoms with Gasteiger partial charge in [0.05, 0.1) is 18.0 Å². The number of carboxylic acids is 1. The minimum atomic E-state index is -0.730. The van der Waals surface area contributed by atoms with Crippen molar-refractivity contribution >= 4 is 22.6 Å². The van der Waals surface area contributed by atoms with Crippen molar-refractivity contribution in [3.63, 3.8) is 0 Å². The largest absolute Gasteiger partial charge is 0.481 e. The van der Waals surface area contributed by atoms with Crippen LogP contribution < -0.4 is 5.32 Å². The molecule has 1 saturated heterocycles. The molecule has 0 spiro atoms. The standard InChI is InChI=1S/C21H26N2O3/c1-14(18-9-5-7-16-6-3-4-8-19(16)18)22-20(24)15(2)23-12-10-17(11-13-23)21(25)26/h3-9,14-15,17H,10-13H2,1-2H3,(H,22,24)(H,25,26). The number of nitrogens with one attached hydrogen (secondary N) is 1. The average molecular weight is 354 g/mol. The van der Waals surface area contributed by atoms with E-state index in [-0.39, 0.29) is 23.9 Å². The van der Waals surface area contributed by atoms with E-state index in [0.717, 1.165) is 16.3 Å². The molecule has 3 rings (SSSR count). The number of rotatable bonds is 5. The third-order valence-electron chi connectivity index (χ3n) is 5.45. The zero-order valence-corrected chi connectivity index (χ0v) is 15.3. The van der Waals surface area contributed by atoms with Gasteiger partial charge in [0.2, 0.25) is 5.91 Å². The van der Waals surface area contributed by atoms with Crippen LogP contribution in [0.1, 0.15) is 38.3 Å². The highest BCUT2D eigenvalue weighted by Gasteiger charge is 2.30. The van der Waals surface area contributed by atoms with Crippen molar-refractivity contribution in [2.45, 2.75) is 38.8 Å². The number of fused-ring (bicyclic) bond motifs is 1. The van der Waals surface area contributed by atoms with Crippen LogP contribution in [0.3, 0.4) is 0 Å². The highest BCUT2D eigenvalue weighted by atomic mass is 16.4. The molecule has 1 amide bonds. The summed E-state index contributed by atoms with van der Waals surface area (Å²) in [5, 5.41) is 14.5. The van der Waals surface area contributed by atoms with Gasteiger partial charge in [0.25, 0.3) is 0 Å². The van der Waals surface area contributed by atoms with E-state index in [2.05, 4.69) is 34.5 Å². The van der Waals surface area contributed by atoms with Gasteiger partial charge in [-0.2, -0.15) is 0 Å². The molecule has 138 valence electrons. The second-order valence-corrected chi connectivity index (χ2v) is 7.12. The van der Waals surface area contributed by atoms with Gasteiger partial charge < -0.3 is 10.4 Å². The fourth-order valence-electron chi connectivity index (χ4n) is 3.74. The van der Waals surface area contributed by atoms with Gasteiger partial charge in [-0.3, -0.25) is 14.5 Å². The predicted octanol–water partition coefficient (Wildman–Crippen LogP) is 3.20. The number of benzene rings is 2. The molecule has 2 aromatic rings. The summed E-state index contributed by atoms with van der Waals surface area (Å²) < 4.78 is 0. The third-order valence-corrected chi connectivity index (χ3v) is 5.45. The Hall–Kier alpha value is -2.40. The number of aliphatic carboxylic acids is 1. The summed E-state index contributed by atoms with van der Waals surface area (Å²) in [6.45, 7) is 5.19. The molecule has 0 radical (unpaired) electrons. The molecule has 2 unspecified atom stereocenters. The second-order valence-electron chi connectivity index (χ2n) is 7.12. The maximum Gasteiger partial charge on any atom is 0.306 e. The molecule has 0 aromatic heterocycles. The van der Waals surface area contributed by atoms with Gasteiger partial charge >= 0.3 is 5.97 Å². The number of likely N-dealkylation sites (tertiary alicyclic amines) is 1. The summed E-state index contributed by atoms with van der Waals surface area (Å²) in [5.74, 6) is -1.03. The van der Waals surface area contributed by atoms with E-state index in [1.165, 1.54) is 0 Å². The smallest absolute Gasteiger partial charge is 0.306 e. The van der Waals surface area contributed by atoms with E-state index in [1.807, 2.05) is 32.0 Å². The molecule has 1 heterocycles. The Morgan fingerprint density at radius 3 is 2.42 bits per heavy atom. The van der Waals surface area contributed by atoms with E-state index < -0.39 is 5.97 Å². The van der Waals surface area contributed by atoms with Crippen LogP contribution in [0.5, 0.6) is 0 Å². The lowest BCUT2D eigenvalue weighted by atomic mass is 9.96. The molecular formula is C21H26N2O3. The van der Waals surface area contributed by atoms with E-state index in [9.17, 15) is 9.59 Å². The van der Waals surface area contributed by atoms with Gasteiger partial charge in [-0.05, 0) is 56.1 Å². The third kappa shape index (κ3) is 3.88. The molecule has 2 aromatic carbocycles. The quantitative estimate of drug-likeness (QED) is 0.865. The Morgan fingerprint density at radius 1 is 1.08 bits per heavy atom. The van der Waals surface area contributed by atoms with Gasteiger partial charge in [0, 0.05) is 0 Å².